The van der Waals surface area contributed by atoms with E-state index in [1.165, 1.54) is 11.1 Å². The van der Waals surface area contributed by atoms with Crippen molar-refractivity contribution in [2.75, 3.05) is 39.6 Å². The minimum absolute atomic E-state index is 0.253. The van der Waals surface area contributed by atoms with Crippen LogP contribution in [-0.2, 0) is 13.1 Å². The van der Waals surface area contributed by atoms with Crippen LogP contribution in [0.3, 0.4) is 0 Å². The lowest BCUT2D eigenvalue weighted by Gasteiger charge is -2.34. The fourth-order valence-corrected chi connectivity index (χ4v) is 3.88. The van der Waals surface area contributed by atoms with Gasteiger partial charge in [0.1, 0.15) is 5.75 Å². The highest BCUT2D eigenvalue weighted by atomic mass is 35.5. The largest absolute Gasteiger partial charge is 0.494 e. The number of ether oxygens (including phenoxy) is 3. The van der Waals surface area contributed by atoms with Gasteiger partial charge in [0.05, 0.1) is 11.6 Å². The van der Waals surface area contributed by atoms with Gasteiger partial charge in [-0.2, -0.15) is 0 Å². The van der Waals surface area contributed by atoms with E-state index in [9.17, 15) is 0 Å². The molecule has 0 radical (unpaired) electrons. The summed E-state index contributed by atoms with van der Waals surface area (Å²) in [6.45, 7) is 9.04. The van der Waals surface area contributed by atoms with E-state index in [-0.39, 0.29) is 6.79 Å². The number of hydrogen-bond donors (Lipinski definition) is 0. The fourth-order valence-electron chi connectivity index (χ4n) is 3.59. The third-order valence-electron chi connectivity index (χ3n) is 5.00. The molecule has 2 aliphatic rings. The number of halogens is 1. The second kappa shape index (κ2) is 8.38. The topological polar surface area (TPSA) is 34.2 Å². The third kappa shape index (κ3) is 4.49. The van der Waals surface area contributed by atoms with E-state index >= 15 is 0 Å². The maximum absolute atomic E-state index is 6.30. The predicted molar refractivity (Wildman–Crippen MR) is 106 cm³/mol. The van der Waals surface area contributed by atoms with Crippen molar-refractivity contribution in [3.63, 3.8) is 0 Å². The van der Waals surface area contributed by atoms with Crippen molar-refractivity contribution in [2.24, 2.45) is 0 Å². The lowest BCUT2D eigenvalue weighted by Crippen LogP contribution is -2.45. The van der Waals surface area contributed by atoms with Crippen LogP contribution in [0.2, 0.25) is 5.02 Å². The monoisotopic (exact) mass is 388 g/mol. The van der Waals surface area contributed by atoms with Gasteiger partial charge in [-0.1, -0.05) is 23.7 Å². The molecule has 0 aromatic heterocycles. The van der Waals surface area contributed by atoms with E-state index in [0.29, 0.717) is 17.4 Å². The van der Waals surface area contributed by atoms with E-state index in [1.807, 2.05) is 19.1 Å². The van der Waals surface area contributed by atoms with Gasteiger partial charge in [-0.15, -0.1) is 0 Å². The number of rotatable bonds is 6. The number of piperazine rings is 1. The average molecular weight is 389 g/mol. The van der Waals surface area contributed by atoms with Crippen LogP contribution in [0.4, 0.5) is 0 Å². The van der Waals surface area contributed by atoms with E-state index in [2.05, 4.69) is 34.1 Å². The Labute approximate surface area is 165 Å². The molecule has 5 nitrogen and oxygen atoms in total. The standard InChI is InChI=1S/C21H25ClN2O3/c1-2-25-18-5-3-16(4-6-18)13-23-7-9-24(10-8-23)14-17-11-19(22)21-20(12-17)26-15-27-21/h3-6,11-12H,2,7-10,13-15H2,1H3. The van der Waals surface area contributed by atoms with Crippen molar-refractivity contribution in [3.05, 3.63) is 52.5 Å². The van der Waals surface area contributed by atoms with Crippen LogP contribution in [0.5, 0.6) is 17.2 Å². The maximum atomic E-state index is 6.30. The van der Waals surface area contributed by atoms with Crippen LogP contribution in [0.25, 0.3) is 0 Å². The summed E-state index contributed by atoms with van der Waals surface area (Å²) in [6.07, 6.45) is 0. The molecule has 0 N–H and O–H groups in total. The number of hydrogen-bond acceptors (Lipinski definition) is 5. The van der Waals surface area contributed by atoms with Gasteiger partial charge in [0, 0.05) is 39.3 Å². The maximum Gasteiger partial charge on any atom is 0.231 e. The van der Waals surface area contributed by atoms with Crippen LogP contribution in [0, 0.1) is 0 Å². The summed E-state index contributed by atoms with van der Waals surface area (Å²) in [5.74, 6) is 2.36. The SMILES string of the molecule is CCOc1ccc(CN2CCN(Cc3cc(Cl)c4c(c3)OCO4)CC2)cc1. The molecule has 0 unspecified atom stereocenters. The fraction of sp³-hybridized carbons (Fsp3) is 0.429. The molecule has 144 valence electrons. The molecule has 1 saturated heterocycles. The molecule has 2 aliphatic heterocycles. The highest BCUT2D eigenvalue weighted by Gasteiger charge is 2.21. The molecule has 4 rings (SSSR count). The smallest absolute Gasteiger partial charge is 0.231 e. The Hall–Kier alpha value is -1.95. The lowest BCUT2D eigenvalue weighted by atomic mass is 10.1. The highest BCUT2D eigenvalue weighted by Crippen LogP contribution is 2.40. The normalized spacial score (nSPS) is 17.3. The van der Waals surface area contributed by atoms with Crippen molar-refractivity contribution in [1.82, 2.24) is 9.80 Å². The first kappa shape index (κ1) is 18.4. The summed E-state index contributed by atoms with van der Waals surface area (Å²) in [6, 6.07) is 12.5. The Morgan fingerprint density at radius 1 is 0.926 bits per heavy atom. The first-order valence-electron chi connectivity index (χ1n) is 9.46. The van der Waals surface area contributed by atoms with E-state index in [1.54, 1.807) is 0 Å². The Balaban J connectivity index is 1.28. The summed E-state index contributed by atoms with van der Waals surface area (Å²) in [4.78, 5) is 4.96. The number of benzene rings is 2. The third-order valence-corrected chi connectivity index (χ3v) is 5.28. The molecular weight excluding hydrogens is 364 g/mol. The Bertz CT molecular complexity index is 774. The van der Waals surface area contributed by atoms with Crippen LogP contribution in [0.1, 0.15) is 18.1 Å². The zero-order valence-corrected chi connectivity index (χ0v) is 16.4. The molecule has 0 aliphatic carbocycles. The number of nitrogens with zero attached hydrogens (tertiary/aromatic N) is 2. The van der Waals surface area contributed by atoms with Crippen molar-refractivity contribution in [2.45, 2.75) is 20.0 Å². The predicted octanol–water partition coefficient (Wildman–Crippen LogP) is 3.79. The summed E-state index contributed by atoms with van der Waals surface area (Å²) >= 11 is 6.30. The average Bonchev–Trinajstić information content (AvgIpc) is 3.14. The van der Waals surface area contributed by atoms with Gasteiger partial charge >= 0.3 is 0 Å². The van der Waals surface area contributed by atoms with Gasteiger partial charge in [-0.05, 0) is 42.3 Å². The molecule has 0 atom stereocenters. The van der Waals surface area contributed by atoms with Gasteiger partial charge in [0.15, 0.2) is 11.5 Å². The molecule has 0 bridgehead atoms. The van der Waals surface area contributed by atoms with Crippen molar-refractivity contribution >= 4 is 11.6 Å². The summed E-state index contributed by atoms with van der Waals surface area (Å²) < 4.78 is 16.4. The van der Waals surface area contributed by atoms with Gasteiger partial charge < -0.3 is 14.2 Å². The number of fused-ring (bicyclic) bond motifs is 1. The van der Waals surface area contributed by atoms with Crippen molar-refractivity contribution < 1.29 is 14.2 Å². The van der Waals surface area contributed by atoms with Crippen LogP contribution in [0.15, 0.2) is 36.4 Å². The summed E-state index contributed by atoms with van der Waals surface area (Å²) in [7, 11) is 0. The van der Waals surface area contributed by atoms with E-state index in [4.69, 9.17) is 25.8 Å². The minimum atomic E-state index is 0.253. The molecule has 2 aromatic carbocycles. The molecule has 0 saturated carbocycles. The van der Waals surface area contributed by atoms with Crippen molar-refractivity contribution in [3.8, 4) is 17.2 Å². The molecule has 2 aromatic rings. The second-order valence-electron chi connectivity index (χ2n) is 6.94. The molecule has 6 heteroatoms. The van der Waals surface area contributed by atoms with Gasteiger partial charge in [0.2, 0.25) is 6.79 Å². The quantitative estimate of drug-likeness (QED) is 0.752. The summed E-state index contributed by atoms with van der Waals surface area (Å²) in [5.41, 5.74) is 2.50. The van der Waals surface area contributed by atoms with Crippen LogP contribution >= 0.6 is 11.6 Å². The van der Waals surface area contributed by atoms with Crippen molar-refractivity contribution in [1.29, 1.82) is 0 Å². The van der Waals surface area contributed by atoms with Gasteiger partial charge in [-0.25, -0.2) is 0 Å². The first-order chi connectivity index (χ1) is 13.2. The Morgan fingerprint density at radius 3 is 2.26 bits per heavy atom. The lowest BCUT2D eigenvalue weighted by molar-refractivity contribution is 0.122. The van der Waals surface area contributed by atoms with Gasteiger partial charge in [-0.3, -0.25) is 9.80 Å². The first-order valence-corrected chi connectivity index (χ1v) is 9.83. The van der Waals surface area contributed by atoms with Crippen LogP contribution < -0.4 is 14.2 Å². The van der Waals surface area contributed by atoms with E-state index in [0.717, 1.165) is 50.8 Å². The molecular formula is C21H25ClN2O3. The van der Waals surface area contributed by atoms with Crippen LogP contribution in [-0.4, -0.2) is 49.4 Å². The van der Waals surface area contributed by atoms with E-state index < -0.39 is 0 Å². The minimum Gasteiger partial charge on any atom is -0.494 e. The molecule has 27 heavy (non-hydrogen) atoms. The van der Waals surface area contributed by atoms with Gasteiger partial charge in [0.25, 0.3) is 0 Å². The molecule has 1 fully saturated rings. The summed E-state index contributed by atoms with van der Waals surface area (Å²) in [5, 5.41) is 0.633. The zero-order chi connectivity index (χ0) is 18.6. The Kier molecular flexibility index (Phi) is 5.72. The molecule has 0 amide bonds. The second-order valence-corrected chi connectivity index (χ2v) is 7.35. The zero-order valence-electron chi connectivity index (χ0n) is 15.6. The molecule has 0 spiro atoms. The Morgan fingerprint density at radius 2 is 1.59 bits per heavy atom. The molecule has 2 heterocycles. The highest BCUT2D eigenvalue weighted by molar-refractivity contribution is 6.32.